The zero-order valence-corrected chi connectivity index (χ0v) is 79.7. The van der Waals surface area contributed by atoms with E-state index in [-0.39, 0.29) is 176 Å². The molecule has 722 valence electrons. The van der Waals surface area contributed by atoms with Crippen molar-refractivity contribution in [2.75, 3.05) is 118 Å². The molecule has 1 aliphatic heterocycles. The summed E-state index contributed by atoms with van der Waals surface area (Å²) < 4.78 is 27.9. The lowest BCUT2D eigenvalue weighted by Gasteiger charge is -2.19. The first-order valence-corrected chi connectivity index (χ1v) is 51.2. The maximum atomic E-state index is 13.4. The Kier molecular flexibility index (Phi) is 85.2. The molecule has 10 amide bonds. The third-order valence-electron chi connectivity index (χ3n) is 23.5. The van der Waals surface area contributed by atoms with E-state index in [0.717, 1.165) is 30.6 Å². The first kappa shape index (κ1) is 116. The van der Waals surface area contributed by atoms with Gasteiger partial charge >= 0.3 is 0 Å². The Morgan fingerprint density at radius 2 is 0.540 bits per heavy atom. The van der Waals surface area contributed by atoms with E-state index in [9.17, 15) is 47.9 Å². The van der Waals surface area contributed by atoms with Crippen molar-refractivity contribution >= 4 is 59.1 Å². The molecule has 0 aromatic carbocycles. The molecule has 1 heterocycles. The number of ether oxygens (including phenoxy) is 5. The zero-order valence-electron chi connectivity index (χ0n) is 79.7. The molecule has 24 nitrogen and oxygen atoms in total. The van der Waals surface area contributed by atoms with E-state index >= 15 is 0 Å². The first-order chi connectivity index (χ1) is 60.7. The lowest BCUT2D eigenvalue weighted by molar-refractivity contribution is -0.140. The van der Waals surface area contributed by atoms with E-state index < -0.39 is 17.9 Å². The summed E-state index contributed by atoms with van der Waals surface area (Å²) in [5, 5.41) is 22.2. The number of nitrogens with zero attached hydrogens (tertiary/aromatic N) is 1. The molecule has 1 aliphatic rings. The number of hydrogen-bond acceptors (Lipinski definition) is 15. The van der Waals surface area contributed by atoms with Crippen LogP contribution in [0.4, 0.5) is 0 Å². The van der Waals surface area contributed by atoms with Crippen molar-refractivity contribution < 1.29 is 71.6 Å². The maximum Gasteiger partial charge on any atom is 0.242 e. The monoisotopic (exact) mass is 1750 g/mol. The number of likely N-dealkylation sites (tertiary alicyclic amines) is 1. The Hall–Kier alpha value is -5.56. The Labute approximate surface area is 755 Å². The number of nitrogens with one attached hydrogen (secondary N) is 8. The number of amides is 10. The number of hydrogen-bond donors (Lipinski definition) is 8. The minimum atomic E-state index is -1.10. The van der Waals surface area contributed by atoms with Crippen LogP contribution in [0.3, 0.4) is 0 Å². The smallest absolute Gasteiger partial charge is 0.242 e. The SMILES string of the molecule is CCCCCCCC/C=C\CCCCCCCCCCCCCCCCCCCCCC(=O)NCCOCCNC(=O)CCOCCNC(=O)[C@H](CCC(=O)NCCOCCC(=O)NCCOCCNC(=O)CCCCCCCCCCCCCCCCCCCCCCCCCCCCC)NC(=O)CCOCCNC(=O)CCN1C(=O)CC(C(C)C)C1=O. The number of carbonyl (C=O) groups excluding carboxylic acids is 10. The predicted molar refractivity (Wildman–Crippen MR) is 504 cm³/mol. The number of carbonyl (C=O) groups is 10. The van der Waals surface area contributed by atoms with Gasteiger partial charge in [0.05, 0.1) is 66.1 Å². The van der Waals surface area contributed by atoms with Crippen LogP contribution in [0.2, 0.25) is 0 Å². The van der Waals surface area contributed by atoms with Gasteiger partial charge in [-0.25, -0.2) is 0 Å². The quantitative estimate of drug-likeness (QED) is 0.0159. The molecule has 2 atom stereocenters. The van der Waals surface area contributed by atoms with Gasteiger partial charge in [0.2, 0.25) is 59.1 Å². The van der Waals surface area contributed by atoms with Crippen molar-refractivity contribution in [1.82, 2.24) is 47.4 Å². The van der Waals surface area contributed by atoms with E-state index in [1.165, 1.54) is 321 Å². The summed E-state index contributed by atoms with van der Waals surface area (Å²) in [6.07, 6.45) is 78.3. The number of allylic oxidation sites excluding steroid dienone is 2. The average Bonchev–Trinajstić information content (AvgIpc) is 1.68. The van der Waals surface area contributed by atoms with Crippen LogP contribution in [0.1, 0.15) is 432 Å². The fourth-order valence-electron chi connectivity index (χ4n) is 15.6. The zero-order chi connectivity index (χ0) is 90.0. The van der Waals surface area contributed by atoms with Crippen LogP contribution in [-0.2, 0) is 71.6 Å². The van der Waals surface area contributed by atoms with E-state index in [0.29, 0.717) is 58.8 Å². The summed E-state index contributed by atoms with van der Waals surface area (Å²) in [4.78, 5) is 128. The van der Waals surface area contributed by atoms with Gasteiger partial charge in [0.25, 0.3) is 0 Å². The average molecular weight is 1760 g/mol. The van der Waals surface area contributed by atoms with Gasteiger partial charge in [-0.1, -0.05) is 348 Å². The molecule has 24 heteroatoms. The highest BCUT2D eigenvalue weighted by molar-refractivity contribution is 6.04. The lowest BCUT2D eigenvalue weighted by Crippen LogP contribution is -2.48. The number of unbranched alkanes of at least 4 members (excludes halogenated alkanes) is 51. The fraction of sp³-hybridized carbons (Fsp3) is 0.880. The van der Waals surface area contributed by atoms with Crippen molar-refractivity contribution in [1.29, 1.82) is 0 Å². The molecule has 0 aromatic rings. The molecule has 1 rings (SSSR count). The minimum Gasteiger partial charge on any atom is -0.379 e. The third kappa shape index (κ3) is 79.8. The molecule has 0 radical (unpaired) electrons. The van der Waals surface area contributed by atoms with Crippen molar-refractivity contribution in [2.24, 2.45) is 11.8 Å². The summed E-state index contributed by atoms with van der Waals surface area (Å²) >= 11 is 0. The Morgan fingerprint density at radius 1 is 0.298 bits per heavy atom. The second-order valence-corrected chi connectivity index (χ2v) is 35.3. The minimum absolute atomic E-state index is 0.00291. The Bertz CT molecular complexity index is 2600. The highest BCUT2D eigenvalue weighted by Gasteiger charge is 2.40. The van der Waals surface area contributed by atoms with Crippen LogP contribution in [0.25, 0.3) is 0 Å². The highest BCUT2D eigenvalue weighted by Crippen LogP contribution is 2.27. The van der Waals surface area contributed by atoms with E-state index in [1.807, 2.05) is 13.8 Å². The summed E-state index contributed by atoms with van der Waals surface area (Å²) in [6, 6.07) is -1.10. The van der Waals surface area contributed by atoms with Gasteiger partial charge in [-0.05, 0) is 50.9 Å². The third-order valence-corrected chi connectivity index (χ3v) is 23.5. The molecule has 1 saturated heterocycles. The molecule has 0 aromatic heterocycles. The second kappa shape index (κ2) is 90.8. The molecule has 1 unspecified atom stereocenters. The van der Waals surface area contributed by atoms with Crippen LogP contribution in [0, 0.1) is 11.8 Å². The maximum absolute atomic E-state index is 13.4. The summed E-state index contributed by atoms with van der Waals surface area (Å²) in [7, 11) is 0. The standard InChI is InChI=1S/C100H187N9O15/c1-5-7-9-11-13-15-17-19-21-23-25-27-29-31-33-34-36-38-40-42-44-46-48-50-52-54-56-58-60-62-92(111)102-72-83-124-85-74-106-96(115)67-78-121-86-75-107-99(118)90(108-97(116)68-79-122-81-70-104-94(113)65-76-109-98(117)87-89(88(3)4)100(109)119)63-64-93(112)103-69-80-120-77-66-95(114)105-73-84-123-82-71-101-91(110)61-59-57-55-53-51-49-47-45-43-41-39-37-35-32-30-28-26-24-22-20-18-16-14-12-10-8-6-2/h19,21,88-90H,5-18,20,22-87H2,1-4H3,(H,101,110)(H,102,111)(H,103,112)(H,104,113)(H,105,114)(H,106,115)(H,107,118)(H,108,116)/b21-19-/t89?,90-/m0/s1. The van der Waals surface area contributed by atoms with Gasteiger partial charge in [-0.3, -0.25) is 52.8 Å². The van der Waals surface area contributed by atoms with Crippen molar-refractivity contribution in [3.8, 4) is 0 Å². The van der Waals surface area contributed by atoms with Crippen molar-refractivity contribution in [2.45, 2.75) is 438 Å². The lowest BCUT2D eigenvalue weighted by atomic mass is 9.94. The van der Waals surface area contributed by atoms with Gasteiger partial charge in [-0.2, -0.15) is 0 Å². The molecular weight excluding hydrogens is 1570 g/mol. The van der Waals surface area contributed by atoms with Crippen LogP contribution in [0.5, 0.6) is 0 Å². The van der Waals surface area contributed by atoms with E-state index in [4.69, 9.17) is 23.7 Å². The first-order valence-electron chi connectivity index (χ1n) is 51.2. The normalized spacial score (nSPS) is 13.0. The van der Waals surface area contributed by atoms with Gasteiger partial charge in [-0.15, -0.1) is 0 Å². The van der Waals surface area contributed by atoms with Crippen molar-refractivity contribution in [3.05, 3.63) is 12.2 Å². The molecule has 1 fully saturated rings. The molecule has 0 saturated carbocycles. The van der Waals surface area contributed by atoms with Gasteiger partial charge < -0.3 is 66.2 Å². The van der Waals surface area contributed by atoms with Crippen molar-refractivity contribution in [3.63, 3.8) is 0 Å². The van der Waals surface area contributed by atoms with E-state index in [2.05, 4.69) is 68.5 Å². The molecule has 8 N–H and O–H groups in total. The summed E-state index contributed by atoms with van der Waals surface area (Å²) in [5.74, 6) is -3.09. The Balaban J connectivity index is 2.18. The summed E-state index contributed by atoms with van der Waals surface area (Å²) in [5.41, 5.74) is 0. The van der Waals surface area contributed by atoms with Crippen LogP contribution < -0.4 is 42.5 Å². The van der Waals surface area contributed by atoms with Gasteiger partial charge in [0.1, 0.15) is 6.04 Å². The predicted octanol–water partition coefficient (Wildman–Crippen LogP) is 19.2. The van der Waals surface area contributed by atoms with Gasteiger partial charge in [0, 0.05) is 110 Å². The molecule has 0 aliphatic carbocycles. The topological polar surface area (TPSA) is 316 Å². The molecule has 124 heavy (non-hydrogen) atoms. The molecule has 0 spiro atoms. The van der Waals surface area contributed by atoms with Crippen LogP contribution >= 0.6 is 0 Å². The molecular formula is C100H187N9O15. The number of imide groups is 1. The fourth-order valence-corrected chi connectivity index (χ4v) is 15.6. The van der Waals surface area contributed by atoms with Gasteiger partial charge in [0.15, 0.2) is 0 Å². The highest BCUT2D eigenvalue weighted by atomic mass is 16.5. The van der Waals surface area contributed by atoms with Crippen LogP contribution in [-0.4, -0.2) is 188 Å². The largest absolute Gasteiger partial charge is 0.379 e. The van der Waals surface area contributed by atoms with Crippen LogP contribution in [0.15, 0.2) is 12.2 Å². The number of rotatable bonds is 96. The summed E-state index contributed by atoms with van der Waals surface area (Å²) in [6.45, 7) is 11.8. The van der Waals surface area contributed by atoms with E-state index in [1.54, 1.807) is 0 Å². The second-order valence-electron chi connectivity index (χ2n) is 35.3. The molecule has 0 bridgehead atoms. The Morgan fingerprint density at radius 3 is 0.831 bits per heavy atom.